The summed E-state index contributed by atoms with van der Waals surface area (Å²) in [5, 5.41) is 4.82. The number of piperidine rings is 1. The molecular weight excluding hydrogens is 366 g/mol. The molecule has 0 saturated carbocycles. The largest absolute Gasteiger partial charge is 0.352 e. The minimum atomic E-state index is 0.194. The van der Waals surface area contributed by atoms with Crippen molar-refractivity contribution in [1.82, 2.24) is 29.4 Å². The number of carbonyl (C=O) groups is 1. The van der Waals surface area contributed by atoms with Gasteiger partial charge in [0.05, 0.1) is 11.9 Å². The Morgan fingerprint density at radius 1 is 0.828 bits per heavy atom. The van der Waals surface area contributed by atoms with Crippen LogP contribution in [-0.2, 0) is 0 Å². The summed E-state index contributed by atoms with van der Waals surface area (Å²) in [5.41, 5.74) is 2.52. The Kier molecular flexibility index (Phi) is 4.75. The molecule has 2 amide bonds. The molecule has 3 aromatic heterocycles. The Morgan fingerprint density at radius 3 is 2.38 bits per heavy atom. The highest BCUT2D eigenvalue weighted by molar-refractivity contribution is 5.75. The van der Waals surface area contributed by atoms with Gasteiger partial charge in [-0.25, -0.2) is 14.3 Å². The van der Waals surface area contributed by atoms with E-state index in [0.717, 1.165) is 75.0 Å². The van der Waals surface area contributed by atoms with Crippen LogP contribution in [-0.4, -0.2) is 74.7 Å². The van der Waals surface area contributed by atoms with E-state index in [0.29, 0.717) is 0 Å². The van der Waals surface area contributed by atoms with Crippen LogP contribution in [0.3, 0.4) is 0 Å². The van der Waals surface area contributed by atoms with Gasteiger partial charge in [0.15, 0.2) is 5.65 Å². The number of rotatable bonds is 2. The highest BCUT2D eigenvalue weighted by Crippen LogP contribution is 2.21. The second-order valence-corrected chi connectivity index (χ2v) is 7.62. The maximum atomic E-state index is 12.7. The van der Waals surface area contributed by atoms with Gasteiger partial charge in [-0.1, -0.05) is 6.07 Å². The molecule has 0 N–H and O–H groups in total. The van der Waals surface area contributed by atoms with Crippen LogP contribution < -0.4 is 4.90 Å². The predicted molar refractivity (Wildman–Crippen MR) is 111 cm³/mol. The number of anilines is 1. The zero-order valence-electron chi connectivity index (χ0n) is 16.4. The monoisotopic (exact) mass is 391 g/mol. The van der Waals surface area contributed by atoms with Crippen LogP contribution in [0.25, 0.3) is 17.0 Å². The van der Waals surface area contributed by atoms with E-state index in [1.807, 2.05) is 50.8 Å². The predicted octanol–water partition coefficient (Wildman–Crippen LogP) is 2.52. The fraction of sp³-hybridized carbons (Fsp3) is 0.429. The van der Waals surface area contributed by atoms with E-state index in [1.165, 1.54) is 6.42 Å². The summed E-state index contributed by atoms with van der Waals surface area (Å²) in [4.78, 5) is 27.8. The molecule has 0 unspecified atom stereocenters. The molecule has 0 spiro atoms. The summed E-state index contributed by atoms with van der Waals surface area (Å²) in [6.45, 7) is 4.82. The van der Waals surface area contributed by atoms with Gasteiger partial charge < -0.3 is 14.7 Å². The van der Waals surface area contributed by atoms with E-state index in [1.54, 1.807) is 6.20 Å². The van der Waals surface area contributed by atoms with E-state index >= 15 is 0 Å². The number of fused-ring (bicyclic) bond motifs is 1. The first kappa shape index (κ1) is 17.9. The van der Waals surface area contributed by atoms with Crippen LogP contribution in [0.1, 0.15) is 19.3 Å². The second-order valence-electron chi connectivity index (χ2n) is 7.62. The lowest BCUT2D eigenvalue weighted by Crippen LogP contribution is -2.53. The van der Waals surface area contributed by atoms with Crippen molar-refractivity contribution in [2.45, 2.75) is 19.3 Å². The lowest BCUT2D eigenvalue weighted by Gasteiger charge is -2.38. The number of imidazole rings is 1. The van der Waals surface area contributed by atoms with Crippen LogP contribution >= 0.6 is 0 Å². The average molecular weight is 391 g/mol. The SMILES string of the molecule is O=C(N1CCCCC1)N1CCN(c2ccc3ncc(-c4ccccn4)n3n2)CC1. The third kappa shape index (κ3) is 3.50. The molecule has 2 aliphatic rings. The molecule has 29 heavy (non-hydrogen) atoms. The number of hydrogen-bond donors (Lipinski definition) is 0. The van der Waals surface area contributed by atoms with Gasteiger partial charge in [0.1, 0.15) is 11.5 Å². The molecule has 0 aromatic carbocycles. The summed E-state index contributed by atoms with van der Waals surface area (Å²) in [6, 6.07) is 10.0. The number of urea groups is 1. The quantitative estimate of drug-likeness (QED) is 0.671. The van der Waals surface area contributed by atoms with Crippen molar-refractivity contribution in [1.29, 1.82) is 0 Å². The van der Waals surface area contributed by atoms with Gasteiger partial charge in [-0.3, -0.25) is 4.98 Å². The Bertz CT molecular complexity index is 989. The molecule has 8 heteroatoms. The van der Waals surface area contributed by atoms with Crippen molar-refractivity contribution in [2.75, 3.05) is 44.2 Å². The van der Waals surface area contributed by atoms with E-state index in [2.05, 4.69) is 14.9 Å². The van der Waals surface area contributed by atoms with E-state index in [-0.39, 0.29) is 6.03 Å². The van der Waals surface area contributed by atoms with Gasteiger partial charge in [-0.15, -0.1) is 5.10 Å². The first-order chi connectivity index (χ1) is 14.3. The van der Waals surface area contributed by atoms with Crippen molar-refractivity contribution in [3.05, 3.63) is 42.7 Å². The summed E-state index contributed by atoms with van der Waals surface area (Å²) in [5.74, 6) is 0.901. The topological polar surface area (TPSA) is 69.9 Å². The van der Waals surface area contributed by atoms with Crippen molar-refractivity contribution >= 4 is 17.5 Å². The molecule has 2 aliphatic heterocycles. The van der Waals surface area contributed by atoms with Crippen LogP contribution in [0.4, 0.5) is 10.6 Å². The lowest BCUT2D eigenvalue weighted by molar-refractivity contribution is 0.141. The molecule has 0 radical (unpaired) electrons. The second kappa shape index (κ2) is 7.69. The standard InChI is InChI=1S/C21H25N7O/c29-21(26-10-4-1-5-11-26)27-14-12-25(13-15-27)20-8-7-19-23-16-18(28(19)24-20)17-6-2-3-9-22-17/h2-3,6-9,16H,1,4-5,10-15H2. The number of aromatic nitrogens is 4. The van der Waals surface area contributed by atoms with Crippen LogP contribution in [0.2, 0.25) is 0 Å². The molecule has 8 nitrogen and oxygen atoms in total. The number of carbonyl (C=O) groups excluding carboxylic acids is 1. The first-order valence-electron chi connectivity index (χ1n) is 10.3. The maximum absolute atomic E-state index is 12.7. The zero-order chi connectivity index (χ0) is 19.6. The van der Waals surface area contributed by atoms with Crippen molar-refractivity contribution < 1.29 is 4.79 Å². The third-order valence-electron chi connectivity index (χ3n) is 5.78. The van der Waals surface area contributed by atoms with E-state index in [4.69, 9.17) is 5.10 Å². The van der Waals surface area contributed by atoms with E-state index < -0.39 is 0 Å². The minimum absolute atomic E-state index is 0.194. The number of piperazine rings is 1. The highest BCUT2D eigenvalue weighted by atomic mass is 16.2. The molecule has 2 fully saturated rings. The van der Waals surface area contributed by atoms with Gasteiger partial charge >= 0.3 is 6.03 Å². The smallest absolute Gasteiger partial charge is 0.320 e. The average Bonchev–Trinajstić information content (AvgIpc) is 3.23. The summed E-state index contributed by atoms with van der Waals surface area (Å²) in [6.07, 6.45) is 7.07. The molecule has 3 aromatic rings. The van der Waals surface area contributed by atoms with Crippen molar-refractivity contribution in [3.8, 4) is 11.4 Å². The molecule has 150 valence electrons. The third-order valence-corrected chi connectivity index (χ3v) is 5.78. The molecule has 2 saturated heterocycles. The summed E-state index contributed by atoms with van der Waals surface area (Å²) < 4.78 is 1.85. The van der Waals surface area contributed by atoms with Crippen LogP contribution in [0, 0.1) is 0 Å². The molecule has 5 heterocycles. The van der Waals surface area contributed by atoms with Crippen LogP contribution in [0.15, 0.2) is 42.7 Å². The highest BCUT2D eigenvalue weighted by Gasteiger charge is 2.26. The van der Waals surface area contributed by atoms with Crippen molar-refractivity contribution in [2.24, 2.45) is 0 Å². The van der Waals surface area contributed by atoms with Crippen LogP contribution in [0.5, 0.6) is 0 Å². The van der Waals surface area contributed by atoms with Gasteiger partial charge in [0.2, 0.25) is 0 Å². The molecule has 5 rings (SSSR count). The van der Waals surface area contributed by atoms with Gasteiger partial charge in [0.25, 0.3) is 0 Å². The minimum Gasteiger partial charge on any atom is -0.352 e. The number of hydrogen-bond acceptors (Lipinski definition) is 5. The van der Waals surface area contributed by atoms with E-state index in [9.17, 15) is 4.79 Å². The fourth-order valence-electron chi connectivity index (χ4n) is 4.13. The number of likely N-dealkylation sites (tertiary alicyclic amines) is 1. The Labute approximate surface area is 169 Å². The van der Waals surface area contributed by atoms with Crippen molar-refractivity contribution in [3.63, 3.8) is 0 Å². The number of nitrogens with zero attached hydrogens (tertiary/aromatic N) is 7. The first-order valence-corrected chi connectivity index (χ1v) is 10.3. The Morgan fingerprint density at radius 2 is 1.62 bits per heavy atom. The number of amides is 2. The maximum Gasteiger partial charge on any atom is 0.320 e. The van der Waals surface area contributed by atoms with Gasteiger partial charge in [-0.05, 0) is 43.5 Å². The Hall–Kier alpha value is -3.16. The summed E-state index contributed by atoms with van der Waals surface area (Å²) >= 11 is 0. The fourth-order valence-corrected chi connectivity index (χ4v) is 4.13. The Balaban J connectivity index is 1.31. The molecular formula is C21H25N7O. The van der Waals surface area contributed by atoms with Gasteiger partial charge in [-0.2, -0.15) is 0 Å². The normalized spacial score (nSPS) is 17.7. The summed E-state index contributed by atoms with van der Waals surface area (Å²) in [7, 11) is 0. The van der Waals surface area contributed by atoms with Gasteiger partial charge in [0, 0.05) is 45.5 Å². The zero-order valence-corrected chi connectivity index (χ0v) is 16.4. The molecule has 0 atom stereocenters. The lowest BCUT2D eigenvalue weighted by atomic mass is 10.1. The molecule has 0 bridgehead atoms. The molecule has 0 aliphatic carbocycles. The number of pyridine rings is 1.